The summed E-state index contributed by atoms with van der Waals surface area (Å²) in [5, 5.41) is 0. The first kappa shape index (κ1) is 29.7. The van der Waals surface area contributed by atoms with Crippen LogP contribution in [0, 0.1) is 0 Å². The topological polar surface area (TPSA) is 49.4 Å². The molecule has 5 heteroatoms. The second-order valence-corrected chi connectivity index (χ2v) is 11.7. The van der Waals surface area contributed by atoms with Crippen molar-refractivity contribution in [3.05, 3.63) is 89.6 Å². The number of aliphatic imine (C=N–C) groups is 4. The van der Waals surface area contributed by atoms with Crippen molar-refractivity contribution in [2.45, 2.75) is 107 Å². The van der Waals surface area contributed by atoms with Crippen molar-refractivity contribution < 1.29 is 19.2 Å². The molecule has 0 fully saturated rings. The van der Waals surface area contributed by atoms with Crippen LogP contribution in [0.5, 0.6) is 0 Å². The molecule has 0 aromatic heterocycles. The fourth-order valence-corrected chi connectivity index (χ4v) is 7.37. The number of nitrogens with zero attached hydrogens (tertiary/aromatic N) is 4. The van der Waals surface area contributed by atoms with Crippen molar-refractivity contribution >= 4 is 22.8 Å². The summed E-state index contributed by atoms with van der Waals surface area (Å²) >= 11 is 3.48. The molecular formula is C36H43N4Pd. The van der Waals surface area contributed by atoms with E-state index in [4.69, 9.17) is 20.0 Å². The molecule has 5 heterocycles. The van der Waals surface area contributed by atoms with Crippen molar-refractivity contribution in [3.8, 4) is 0 Å². The molecular weight excluding hydrogens is 595 g/mol. The van der Waals surface area contributed by atoms with Gasteiger partial charge in [-0.15, -0.1) is 0 Å². The first-order chi connectivity index (χ1) is 19.9. The average Bonchev–Trinajstić information content (AvgIpc) is 3.71. The van der Waals surface area contributed by atoms with Crippen molar-refractivity contribution in [1.82, 2.24) is 0 Å². The number of hydrogen-bond acceptors (Lipinski definition) is 4. The third kappa shape index (κ3) is 4.90. The van der Waals surface area contributed by atoms with Gasteiger partial charge in [0.05, 0.1) is 0 Å². The Hall–Kier alpha value is -2.74. The summed E-state index contributed by atoms with van der Waals surface area (Å²) in [5.74, 6) is 0. The van der Waals surface area contributed by atoms with Crippen LogP contribution in [0.2, 0.25) is 0 Å². The maximum atomic E-state index is 5.55. The Bertz CT molecular complexity index is 1580. The summed E-state index contributed by atoms with van der Waals surface area (Å²) < 4.78 is 1.03. The van der Waals surface area contributed by atoms with Crippen LogP contribution in [0.1, 0.15) is 107 Å². The first-order valence-corrected chi connectivity index (χ1v) is 16.4. The summed E-state index contributed by atoms with van der Waals surface area (Å²) in [6.07, 6.45) is 13.9. The third-order valence-corrected chi connectivity index (χ3v) is 9.44. The molecule has 217 valence electrons. The van der Waals surface area contributed by atoms with Crippen LogP contribution >= 0.6 is 0 Å². The van der Waals surface area contributed by atoms with Crippen LogP contribution in [0.25, 0.3) is 0 Å². The van der Waals surface area contributed by atoms with Crippen molar-refractivity contribution in [2.75, 3.05) is 0 Å². The van der Waals surface area contributed by atoms with Crippen molar-refractivity contribution in [3.63, 3.8) is 0 Å². The molecule has 0 saturated carbocycles. The summed E-state index contributed by atoms with van der Waals surface area (Å²) in [6, 6.07) is 0. The second kappa shape index (κ2) is 12.2. The fraction of sp³-hybridized carbons (Fsp3) is 0.444. The van der Waals surface area contributed by atoms with E-state index in [1.807, 2.05) is 0 Å². The van der Waals surface area contributed by atoms with E-state index in [0.29, 0.717) is 0 Å². The molecule has 5 rings (SSSR count). The van der Waals surface area contributed by atoms with E-state index >= 15 is 0 Å². The molecule has 41 heavy (non-hydrogen) atoms. The minimum absolute atomic E-state index is 0.888. The standard InChI is InChI=1S/C36H43N4.Pd/c1-9-23-25(11-3)33-29(15-7)35-27(13-5)28(14-6)36(40-35)30(16-8)34-26(12-4)24(10-2)32(39-34)20-22-18-17-21(37-22)19-31(23)38-33;/h17,19-20H,9-16H2,1-8H3;. The zero-order valence-corrected chi connectivity index (χ0v) is 27.5. The van der Waals surface area contributed by atoms with Crippen LogP contribution in [0.4, 0.5) is 0 Å². The summed E-state index contributed by atoms with van der Waals surface area (Å²) in [5.41, 5.74) is 19.1. The average molecular weight is 638 g/mol. The molecule has 5 aliphatic rings. The molecule has 0 aliphatic carbocycles. The Labute approximate surface area is 257 Å². The van der Waals surface area contributed by atoms with Gasteiger partial charge in [0, 0.05) is 0 Å². The molecule has 0 saturated heterocycles. The molecule has 0 unspecified atom stereocenters. The van der Waals surface area contributed by atoms with Gasteiger partial charge in [0.15, 0.2) is 0 Å². The van der Waals surface area contributed by atoms with Gasteiger partial charge in [-0.2, -0.15) is 0 Å². The van der Waals surface area contributed by atoms with Crippen molar-refractivity contribution in [1.29, 1.82) is 0 Å². The van der Waals surface area contributed by atoms with Gasteiger partial charge in [0.2, 0.25) is 0 Å². The Morgan fingerprint density at radius 3 is 1.49 bits per heavy atom. The zero-order valence-electron chi connectivity index (χ0n) is 26.0. The van der Waals surface area contributed by atoms with E-state index in [9.17, 15) is 0 Å². The van der Waals surface area contributed by atoms with Crippen LogP contribution in [0.3, 0.4) is 0 Å². The van der Waals surface area contributed by atoms with Crippen LogP contribution < -0.4 is 0 Å². The maximum absolute atomic E-state index is 5.55. The molecule has 0 amide bonds. The molecule has 0 N–H and O–H groups in total. The van der Waals surface area contributed by atoms with Crippen LogP contribution in [0.15, 0.2) is 110 Å². The predicted octanol–water partition coefficient (Wildman–Crippen LogP) is 9.69. The second-order valence-electron chi connectivity index (χ2n) is 10.8. The molecule has 0 aromatic rings. The quantitative estimate of drug-likeness (QED) is 0.238. The monoisotopic (exact) mass is 637 g/mol. The zero-order chi connectivity index (χ0) is 29.4. The number of hydrogen-bond donors (Lipinski definition) is 0. The van der Waals surface area contributed by atoms with Crippen molar-refractivity contribution in [2.24, 2.45) is 20.0 Å². The Morgan fingerprint density at radius 1 is 0.439 bits per heavy atom. The van der Waals surface area contributed by atoms with Crippen LogP contribution in [-0.2, 0) is 19.2 Å². The van der Waals surface area contributed by atoms with Gasteiger partial charge in [0.1, 0.15) is 0 Å². The molecule has 8 bridgehead atoms. The molecule has 5 aliphatic heterocycles. The van der Waals surface area contributed by atoms with Gasteiger partial charge in [-0.3, -0.25) is 0 Å². The molecule has 0 atom stereocenters. The van der Waals surface area contributed by atoms with Gasteiger partial charge in [0.25, 0.3) is 0 Å². The first-order valence-electron chi connectivity index (χ1n) is 15.7. The minimum atomic E-state index is 0.888. The number of fused-ring (bicyclic) bond motifs is 4. The van der Waals surface area contributed by atoms with Gasteiger partial charge in [-0.25, -0.2) is 0 Å². The third-order valence-electron chi connectivity index (χ3n) is 8.82. The number of rotatable bonds is 8. The molecule has 4 nitrogen and oxygen atoms in total. The summed E-state index contributed by atoms with van der Waals surface area (Å²) in [6.45, 7) is 18.1. The molecule has 0 radical (unpaired) electrons. The van der Waals surface area contributed by atoms with E-state index in [1.54, 1.807) is 0 Å². The van der Waals surface area contributed by atoms with E-state index in [2.05, 4.69) is 92.8 Å². The van der Waals surface area contributed by atoms with Gasteiger partial charge in [-0.05, 0) is 0 Å². The molecule has 0 spiro atoms. The predicted molar refractivity (Wildman–Crippen MR) is 171 cm³/mol. The Balaban J connectivity index is 1.93. The Morgan fingerprint density at radius 2 is 0.927 bits per heavy atom. The van der Waals surface area contributed by atoms with Crippen LogP contribution in [-0.4, -0.2) is 22.8 Å². The number of allylic oxidation sites excluding steroid dienone is 12. The van der Waals surface area contributed by atoms with E-state index in [-0.39, 0.29) is 0 Å². The normalized spacial score (nSPS) is 20.7. The van der Waals surface area contributed by atoms with Gasteiger partial charge < -0.3 is 0 Å². The van der Waals surface area contributed by atoms with Gasteiger partial charge >= 0.3 is 258 Å². The Kier molecular flexibility index (Phi) is 8.88. The van der Waals surface area contributed by atoms with Gasteiger partial charge in [-0.1, -0.05) is 0 Å². The molecule has 0 aromatic carbocycles. The van der Waals surface area contributed by atoms with E-state index < -0.39 is 0 Å². The summed E-state index contributed by atoms with van der Waals surface area (Å²) in [7, 11) is 0. The fourth-order valence-electron chi connectivity index (χ4n) is 6.94. The summed E-state index contributed by atoms with van der Waals surface area (Å²) in [4.78, 5) is 21.3. The van der Waals surface area contributed by atoms with E-state index in [1.165, 1.54) is 44.6 Å². The SMILES string of the molecule is CCC1=C(CC)C2=NC1=CC1=NC(=CC3=NC(=C(CC)C4=NC(=C2CC)C(CC)=C4CC)C(CC)=C3CC)[C]([Pd])=C1. The van der Waals surface area contributed by atoms with E-state index in [0.717, 1.165) is 101 Å².